The van der Waals surface area contributed by atoms with E-state index >= 15 is 0 Å². The molecule has 134 valence electrons. The van der Waals surface area contributed by atoms with E-state index in [2.05, 4.69) is 10.3 Å². The van der Waals surface area contributed by atoms with Gasteiger partial charge in [-0.05, 0) is 43.7 Å². The van der Waals surface area contributed by atoms with Gasteiger partial charge in [-0.2, -0.15) is 0 Å². The minimum absolute atomic E-state index is 0. The van der Waals surface area contributed by atoms with Gasteiger partial charge in [0.1, 0.15) is 9.88 Å². The third-order valence-corrected chi connectivity index (χ3v) is 6.46. The minimum Gasteiger partial charge on any atom is -0.348 e. The maximum Gasteiger partial charge on any atom is 0.263 e. The van der Waals surface area contributed by atoms with Crippen LogP contribution in [0.3, 0.4) is 0 Å². The van der Waals surface area contributed by atoms with E-state index in [4.69, 9.17) is 5.73 Å². The van der Waals surface area contributed by atoms with E-state index in [1.807, 2.05) is 24.4 Å². The van der Waals surface area contributed by atoms with Gasteiger partial charge in [-0.15, -0.1) is 47.5 Å². The summed E-state index contributed by atoms with van der Waals surface area (Å²) in [5.41, 5.74) is 6.66. The van der Waals surface area contributed by atoms with Gasteiger partial charge in [0.25, 0.3) is 5.91 Å². The minimum atomic E-state index is 0. The molecule has 3 rings (SSSR count). The normalized spacial score (nSPS) is 19.9. The number of rotatable bonds is 4. The highest BCUT2D eigenvalue weighted by molar-refractivity contribution is 7.22. The number of nitrogens with one attached hydrogen (secondary N) is 1. The molecule has 2 heterocycles. The average Bonchev–Trinajstić information content (AvgIpc) is 3.17. The highest BCUT2D eigenvalue weighted by atomic mass is 35.5. The Hall–Kier alpha value is -0.660. The standard InChI is InChI=1S/C16H21N3OS2.2ClH/c1-10-14(22-16(18-10)13-7-4-8-21-13)15(20)19-12-6-3-2-5-11(12)9-17;;/h4,7-8,11-12H,2-3,5-6,9,17H2,1H3,(H,19,20);2*1H. The molecular weight excluding hydrogens is 385 g/mol. The Balaban J connectivity index is 0.00000144. The van der Waals surface area contributed by atoms with E-state index in [9.17, 15) is 4.79 Å². The predicted octanol–water partition coefficient (Wildman–Crippen LogP) is 4.27. The maximum atomic E-state index is 12.6. The van der Waals surface area contributed by atoms with Crippen LogP contribution in [0.25, 0.3) is 9.88 Å². The largest absolute Gasteiger partial charge is 0.348 e. The number of thiophene rings is 1. The van der Waals surface area contributed by atoms with Gasteiger partial charge in [0, 0.05) is 6.04 Å². The van der Waals surface area contributed by atoms with Crippen LogP contribution in [-0.4, -0.2) is 23.5 Å². The number of amides is 1. The molecule has 0 spiro atoms. The summed E-state index contributed by atoms with van der Waals surface area (Å²) in [6.07, 6.45) is 4.53. The first-order valence-corrected chi connectivity index (χ1v) is 9.41. The second-order valence-corrected chi connectivity index (χ2v) is 7.72. The molecule has 2 aromatic heterocycles. The topological polar surface area (TPSA) is 68.0 Å². The van der Waals surface area contributed by atoms with Crippen LogP contribution in [0, 0.1) is 12.8 Å². The van der Waals surface area contributed by atoms with E-state index in [0.717, 1.165) is 33.3 Å². The van der Waals surface area contributed by atoms with E-state index in [0.29, 0.717) is 12.5 Å². The molecule has 8 heteroatoms. The molecule has 1 aliphatic rings. The zero-order chi connectivity index (χ0) is 15.5. The Morgan fingerprint density at radius 1 is 1.38 bits per heavy atom. The van der Waals surface area contributed by atoms with Gasteiger partial charge in [-0.25, -0.2) is 4.98 Å². The van der Waals surface area contributed by atoms with Crippen LogP contribution in [0.2, 0.25) is 0 Å². The molecule has 2 atom stereocenters. The molecule has 1 fully saturated rings. The Labute approximate surface area is 163 Å². The molecular formula is C16H23Cl2N3OS2. The second-order valence-electron chi connectivity index (χ2n) is 5.77. The fraction of sp³-hybridized carbons (Fsp3) is 0.500. The van der Waals surface area contributed by atoms with Gasteiger partial charge in [-0.3, -0.25) is 4.79 Å². The molecule has 4 nitrogen and oxygen atoms in total. The van der Waals surface area contributed by atoms with Gasteiger partial charge < -0.3 is 11.1 Å². The lowest BCUT2D eigenvalue weighted by Crippen LogP contribution is -2.44. The summed E-state index contributed by atoms with van der Waals surface area (Å²) < 4.78 is 0. The third-order valence-electron chi connectivity index (χ3n) is 4.26. The van der Waals surface area contributed by atoms with Crippen LogP contribution >= 0.6 is 47.5 Å². The van der Waals surface area contributed by atoms with Crippen LogP contribution < -0.4 is 11.1 Å². The van der Waals surface area contributed by atoms with Crippen molar-refractivity contribution in [3.63, 3.8) is 0 Å². The van der Waals surface area contributed by atoms with E-state index in [1.165, 1.54) is 24.2 Å². The van der Waals surface area contributed by atoms with Crippen molar-refractivity contribution in [1.29, 1.82) is 0 Å². The van der Waals surface area contributed by atoms with E-state index < -0.39 is 0 Å². The molecule has 0 saturated heterocycles. The third kappa shape index (κ3) is 4.70. The number of aryl methyl sites for hydroxylation is 1. The molecule has 0 aliphatic heterocycles. The van der Waals surface area contributed by atoms with Crippen molar-refractivity contribution >= 4 is 53.4 Å². The zero-order valence-corrected chi connectivity index (χ0v) is 16.8. The predicted molar refractivity (Wildman–Crippen MR) is 107 cm³/mol. The van der Waals surface area contributed by atoms with Gasteiger partial charge in [0.2, 0.25) is 0 Å². The summed E-state index contributed by atoms with van der Waals surface area (Å²) in [6.45, 7) is 2.55. The second kappa shape index (κ2) is 9.73. The summed E-state index contributed by atoms with van der Waals surface area (Å²) >= 11 is 3.13. The molecule has 1 amide bonds. The van der Waals surface area contributed by atoms with Crippen molar-refractivity contribution in [2.24, 2.45) is 11.7 Å². The number of thiazole rings is 1. The average molecular weight is 408 g/mol. The van der Waals surface area contributed by atoms with Crippen molar-refractivity contribution < 1.29 is 4.79 Å². The summed E-state index contributed by atoms with van der Waals surface area (Å²) in [6, 6.07) is 4.25. The molecule has 1 saturated carbocycles. The van der Waals surface area contributed by atoms with Crippen molar-refractivity contribution in [2.75, 3.05) is 6.54 Å². The first-order valence-electron chi connectivity index (χ1n) is 7.71. The van der Waals surface area contributed by atoms with Crippen LogP contribution in [0.5, 0.6) is 0 Å². The van der Waals surface area contributed by atoms with Crippen molar-refractivity contribution in [1.82, 2.24) is 10.3 Å². The highest BCUT2D eigenvalue weighted by Crippen LogP contribution is 2.31. The van der Waals surface area contributed by atoms with Gasteiger partial charge in [-0.1, -0.05) is 18.9 Å². The van der Waals surface area contributed by atoms with E-state index in [1.54, 1.807) is 11.3 Å². The Morgan fingerprint density at radius 2 is 2.12 bits per heavy atom. The van der Waals surface area contributed by atoms with E-state index in [-0.39, 0.29) is 36.8 Å². The Kier molecular flexibility index (Phi) is 8.67. The lowest BCUT2D eigenvalue weighted by Gasteiger charge is -2.31. The summed E-state index contributed by atoms with van der Waals surface area (Å²) in [5.74, 6) is 0.408. The maximum absolute atomic E-state index is 12.6. The van der Waals surface area contributed by atoms with Crippen LogP contribution in [0.4, 0.5) is 0 Å². The number of nitrogens with two attached hydrogens (primary N) is 1. The number of nitrogens with zero attached hydrogens (tertiary/aromatic N) is 1. The summed E-state index contributed by atoms with van der Waals surface area (Å²) in [5, 5.41) is 6.15. The quantitative estimate of drug-likeness (QED) is 0.794. The zero-order valence-electron chi connectivity index (χ0n) is 13.5. The first-order chi connectivity index (χ1) is 10.7. The molecule has 24 heavy (non-hydrogen) atoms. The van der Waals surface area contributed by atoms with Crippen molar-refractivity contribution in [3.05, 3.63) is 28.1 Å². The fourth-order valence-corrected chi connectivity index (χ4v) is 4.79. The number of carbonyl (C=O) groups excluding carboxylic acids is 1. The number of carbonyl (C=O) groups is 1. The summed E-state index contributed by atoms with van der Waals surface area (Å²) in [4.78, 5) is 19.0. The van der Waals surface area contributed by atoms with Gasteiger partial charge >= 0.3 is 0 Å². The Morgan fingerprint density at radius 3 is 2.79 bits per heavy atom. The van der Waals surface area contributed by atoms with Crippen molar-refractivity contribution in [2.45, 2.75) is 38.6 Å². The molecule has 2 aromatic rings. The Bertz CT molecular complexity index is 646. The smallest absolute Gasteiger partial charge is 0.263 e. The summed E-state index contributed by atoms with van der Waals surface area (Å²) in [7, 11) is 0. The lowest BCUT2D eigenvalue weighted by molar-refractivity contribution is 0.0911. The molecule has 1 aliphatic carbocycles. The first kappa shape index (κ1) is 21.4. The fourth-order valence-electron chi connectivity index (χ4n) is 3.03. The molecule has 0 bridgehead atoms. The van der Waals surface area contributed by atoms with Crippen LogP contribution in [-0.2, 0) is 0 Å². The van der Waals surface area contributed by atoms with Gasteiger partial charge in [0.15, 0.2) is 0 Å². The molecule has 2 unspecified atom stereocenters. The highest BCUT2D eigenvalue weighted by Gasteiger charge is 2.27. The van der Waals surface area contributed by atoms with Crippen LogP contribution in [0.1, 0.15) is 41.0 Å². The van der Waals surface area contributed by atoms with Gasteiger partial charge in [0.05, 0.1) is 10.6 Å². The van der Waals surface area contributed by atoms with Crippen LogP contribution in [0.15, 0.2) is 17.5 Å². The molecule has 0 radical (unpaired) electrons. The number of halogens is 2. The monoisotopic (exact) mass is 407 g/mol. The van der Waals surface area contributed by atoms with Crippen molar-refractivity contribution in [3.8, 4) is 9.88 Å². The number of hydrogen-bond acceptors (Lipinski definition) is 5. The molecule has 0 aromatic carbocycles. The SMILES string of the molecule is Cc1nc(-c2cccs2)sc1C(=O)NC1CCCCC1CN.Cl.Cl. The number of hydrogen-bond donors (Lipinski definition) is 2. The number of aromatic nitrogens is 1. The lowest BCUT2D eigenvalue weighted by atomic mass is 9.84. The molecule has 3 N–H and O–H groups in total.